The van der Waals surface area contributed by atoms with E-state index in [2.05, 4.69) is 9.98 Å². The third-order valence-electron chi connectivity index (χ3n) is 5.52. The lowest BCUT2D eigenvalue weighted by Gasteiger charge is -2.12. The minimum absolute atomic E-state index is 0. The predicted molar refractivity (Wildman–Crippen MR) is 115 cm³/mol. The van der Waals surface area contributed by atoms with Gasteiger partial charge in [0.05, 0.1) is 23.8 Å². The molecule has 3 nitrogen and oxygen atoms in total. The van der Waals surface area contributed by atoms with Crippen LogP contribution in [0.1, 0.15) is 22.3 Å². The molecule has 4 aromatic rings. The molecule has 2 heterocycles. The third kappa shape index (κ3) is 3.67. The van der Waals surface area contributed by atoms with Crippen molar-refractivity contribution in [2.45, 2.75) is 6.18 Å². The second-order valence-electron chi connectivity index (χ2n) is 7.31. The first kappa shape index (κ1) is 21.7. The van der Waals surface area contributed by atoms with Crippen LogP contribution in [0.15, 0.2) is 72.9 Å². The quantitative estimate of drug-likeness (QED) is 0.488. The Balaban J connectivity index is 0.00000245. The maximum absolute atomic E-state index is 13.1. The molecule has 0 spiro atoms. The summed E-state index contributed by atoms with van der Waals surface area (Å²) in [6, 6.07) is 18.9. The molecule has 3 aromatic carbocycles. The Bertz CT molecular complexity index is 1350. The summed E-state index contributed by atoms with van der Waals surface area (Å²) in [6.07, 6.45) is -0.588. The van der Waals surface area contributed by atoms with Crippen molar-refractivity contribution in [1.82, 2.24) is 4.98 Å². The summed E-state index contributed by atoms with van der Waals surface area (Å²) in [5, 5.41) is 0.959. The summed E-state index contributed by atoms with van der Waals surface area (Å²) in [5.41, 5.74) is 5.56. The van der Waals surface area contributed by atoms with Gasteiger partial charge in [-0.3, -0.25) is 0 Å². The average Bonchev–Trinajstić information content (AvgIpc) is 3.38. The molecule has 1 aromatic heterocycles. The van der Waals surface area contributed by atoms with Crippen molar-refractivity contribution < 1.29 is 35.3 Å². The second kappa shape index (κ2) is 8.20. The fourth-order valence-electron chi connectivity index (χ4n) is 4.00. The summed E-state index contributed by atoms with van der Waals surface area (Å²) in [4.78, 5) is 6.54. The van der Waals surface area contributed by atoms with Crippen LogP contribution in [0.2, 0.25) is 0 Å². The monoisotopic (exact) mass is 454 g/mol. The fraction of sp³-hybridized carbons (Fsp3) is 0.0800. The van der Waals surface area contributed by atoms with Gasteiger partial charge < -0.3 is 22.1 Å². The Morgan fingerprint density at radius 2 is 1.72 bits per heavy atom. The smallest absolute Gasteiger partial charge is 0.416 e. The summed E-state index contributed by atoms with van der Waals surface area (Å²) in [7, 11) is 1.61. The number of nitrogens with one attached hydrogen (secondary N) is 2. The Hall–Kier alpha value is -3.51. The number of hydrogen-bond acceptors (Lipinski definition) is 1. The van der Waals surface area contributed by atoms with Crippen molar-refractivity contribution in [3.63, 3.8) is 0 Å². The molecular weight excluding hydrogens is 437 g/mol. The van der Waals surface area contributed by atoms with Gasteiger partial charge in [0.2, 0.25) is 5.69 Å². The number of allylic oxidation sites excluding steroid dienone is 1. The van der Waals surface area contributed by atoms with Crippen LogP contribution in [0.3, 0.4) is 0 Å². The molecule has 0 aliphatic carbocycles. The minimum atomic E-state index is -4.38. The number of fused-ring (bicyclic) bond motifs is 2. The molecule has 0 saturated carbocycles. The van der Waals surface area contributed by atoms with E-state index in [9.17, 15) is 13.2 Å². The van der Waals surface area contributed by atoms with Crippen LogP contribution in [0.4, 0.5) is 18.9 Å². The first-order valence-electron chi connectivity index (χ1n) is 9.72. The number of para-hydroxylation sites is 1. The topological polar surface area (TPSA) is 39.0 Å². The van der Waals surface area contributed by atoms with Crippen molar-refractivity contribution in [2.75, 3.05) is 7.11 Å². The standard InChI is InChI=1S/C25H17F3N2O.ClH/c1-31-17-10-11-19-21(14-30-23(19)12-17)24(15-6-8-16(9-7-15)25(26,27)28)20-13-29-22-5-3-2-4-18(20)22;/h2-14,30H,1H3;1H. The van der Waals surface area contributed by atoms with E-state index >= 15 is 0 Å². The Morgan fingerprint density at radius 3 is 2.44 bits per heavy atom. The molecule has 2 N–H and O–H groups in total. The fourth-order valence-corrected chi connectivity index (χ4v) is 4.00. The number of benzene rings is 3. The van der Waals surface area contributed by atoms with Crippen molar-refractivity contribution in [3.05, 3.63) is 95.2 Å². The van der Waals surface area contributed by atoms with Gasteiger partial charge in [-0.05, 0) is 35.9 Å². The van der Waals surface area contributed by atoms with Crippen molar-refractivity contribution >= 4 is 34.0 Å². The Morgan fingerprint density at radius 1 is 0.969 bits per heavy atom. The van der Waals surface area contributed by atoms with Gasteiger partial charge in [0.25, 0.3) is 0 Å². The van der Waals surface area contributed by atoms with Crippen LogP contribution >= 0.6 is 0 Å². The van der Waals surface area contributed by atoms with E-state index in [1.165, 1.54) is 12.1 Å². The number of rotatable bonds is 3. The SMILES string of the molecule is COc1ccc2c(C(=C3C=[NH+]c4ccccc43)c3ccc(C(F)(F)F)cc3)c[nH]c2c1.[Cl-]. The van der Waals surface area contributed by atoms with E-state index in [0.29, 0.717) is 5.56 Å². The first-order valence-corrected chi connectivity index (χ1v) is 9.72. The third-order valence-corrected chi connectivity index (χ3v) is 5.52. The van der Waals surface area contributed by atoms with Crippen molar-refractivity contribution in [1.29, 1.82) is 0 Å². The largest absolute Gasteiger partial charge is 1.00 e. The molecule has 1 aliphatic rings. The van der Waals surface area contributed by atoms with Crippen LogP contribution < -0.4 is 22.1 Å². The molecule has 0 bridgehead atoms. The number of halogens is 4. The van der Waals surface area contributed by atoms with Gasteiger partial charge in [-0.2, -0.15) is 13.2 Å². The molecule has 1 aliphatic heterocycles. The first-order chi connectivity index (χ1) is 15.0. The Kier molecular flexibility index (Phi) is 5.57. The lowest BCUT2D eigenvalue weighted by Crippen LogP contribution is -3.00. The zero-order valence-corrected chi connectivity index (χ0v) is 17.7. The molecule has 162 valence electrons. The van der Waals surface area contributed by atoms with Crippen LogP contribution in [0, 0.1) is 0 Å². The summed E-state index contributed by atoms with van der Waals surface area (Å²) >= 11 is 0. The number of ether oxygens (including phenoxy) is 1. The van der Waals surface area contributed by atoms with Crippen LogP contribution in [0.25, 0.3) is 22.0 Å². The molecular formula is C25H18ClF3N2O. The highest BCUT2D eigenvalue weighted by molar-refractivity contribution is 6.24. The van der Waals surface area contributed by atoms with Gasteiger partial charge in [-0.25, -0.2) is 4.99 Å². The summed E-state index contributed by atoms with van der Waals surface area (Å²) in [5.74, 6) is 0.726. The van der Waals surface area contributed by atoms with Crippen LogP contribution in [-0.4, -0.2) is 18.3 Å². The van der Waals surface area contributed by atoms with Gasteiger partial charge in [0.15, 0.2) is 6.21 Å². The maximum Gasteiger partial charge on any atom is 0.416 e. The lowest BCUT2D eigenvalue weighted by atomic mass is 9.89. The van der Waals surface area contributed by atoms with Gasteiger partial charge in [0.1, 0.15) is 5.75 Å². The van der Waals surface area contributed by atoms with Crippen molar-refractivity contribution in [2.24, 2.45) is 0 Å². The number of alkyl halides is 3. The number of aromatic amines is 1. The summed E-state index contributed by atoms with van der Waals surface area (Å²) < 4.78 is 44.7. The van der Waals surface area contributed by atoms with E-state index in [4.69, 9.17) is 4.74 Å². The normalized spacial score (nSPS) is 14.2. The maximum atomic E-state index is 13.1. The van der Waals surface area contributed by atoms with Crippen LogP contribution in [0.5, 0.6) is 5.75 Å². The average molecular weight is 455 g/mol. The minimum Gasteiger partial charge on any atom is -1.00 e. The molecule has 32 heavy (non-hydrogen) atoms. The molecule has 7 heteroatoms. The van der Waals surface area contributed by atoms with E-state index in [1.54, 1.807) is 7.11 Å². The molecule has 0 amide bonds. The van der Waals surface area contributed by atoms with Gasteiger partial charge >= 0.3 is 6.18 Å². The highest BCUT2D eigenvalue weighted by Crippen LogP contribution is 2.39. The number of hydrogen-bond donors (Lipinski definition) is 2. The molecule has 0 radical (unpaired) electrons. The highest BCUT2D eigenvalue weighted by Gasteiger charge is 2.31. The van der Waals surface area contributed by atoms with E-state index in [0.717, 1.165) is 56.7 Å². The van der Waals surface area contributed by atoms with Gasteiger partial charge in [-0.15, -0.1) is 0 Å². The number of H-pyrrole nitrogens is 1. The lowest BCUT2D eigenvalue weighted by molar-refractivity contribution is -0.342. The molecule has 5 rings (SSSR count). The molecule has 0 fully saturated rings. The van der Waals surface area contributed by atoms with Gasteiger partial charge in [0, 0.05) is 40.4 Å². The van der Waals surface area contributed by atoms with E-state index in [-0.39, 0.29) is 12.4 Å². The zero-order chi connectivity index (χ0) is 21.6. The predicted octanol–water partition coefficient (Wildman–Crippen LogP) is 1.95. The molecule has 0 atom stereocenters. The highest BCUT2D eigenvalue weighted by atomic mass is 35.5. The second-order valence-corrected chi connectivity index (χ2v) is 7.31. The molecule has 0 saturated heterocycles. The van der Waals surface area contributed by atoms with Crippen molar-refractivity contribution in [3.8, 4) is 5.75 Å². The van der Waals surface area contributed by atoms with Gasteiger partial charge in [-0.1, -0.05) is 24.3 Å². The van der Waals surface area contributed by atoms with E-state index < -0.39 is 11.7 Å². The number of aromatic nitrogens is 1. The number of methoxy groups -OCH3 is 1. The zero-order valence-electron chi connectivity index (χ0n) is 16.9. The van der Waals surface area contributed by atoms with E-state index in [1.807, 2.05) is 54.9 Å². The molecule has 0 unspecified atom stereocenters. The Labute approximate surface area is 188 Å². The summed E-state index contributed by atoms with van der Waals surface area (Å²) in [6.45, 7) is 0. The van der Waals surface area contributed by atoms with Crippen LogP contribution in [-0.2, 0) is 6.18 Å².